The highest BCUT2D eigenvalue weighted by Gasteiger charge is 2.64. The summed E-state index contributed by atoms with van der Waals surface area (Å²) >= 11 is 0. The van der Waals surface area contributed by atoms with Crippen molar-refractivity contribution in [2.75, 3.05) is 51.5 Å². The van der Waals surface area contributed by atoms with E-state index < -0.39 is 63.8 Å². The molecule has 0 spiro atoms. The van der Waals surface area contributed by atoms with Crippen LogP contribution in [0.3, 0.4) is 0 Å². The maximum atomic E-state index is 14.2. The lowest BCUT2D eigenvalue weighted by atomic mass is 9.57. The van der Waals surface area contributed by atoms with E-state index in [1.165, 1.54) is 4.90 Å². The van der Waals surface area contributed by atoms with Gasteiger partial charge in [-0.3, -0.25) is 29.0 Å². The maximum absolute atomic E-state index is 14.2. The zero-order chi connectivity index (χ0) is 34.4. The number of likely N-dealkylation sites (N-methyl/N-ethyl adjacent to an activating group) is 1. The van der Waals surface area contributed by atoms with E-state index in [2.05, 4.69) is 37.9 Å². The average molecular weight is 640 g/mol. The number of aliphatic hydroxyl groups is 3. The van der Waals surface area contributed by atoms with Crippen molar-refractivity contribution in [1.29, 1.82) is 0 Å². The van der Waals surface area contributed by atoms with Crippen LogP contribution in [-0.2, 0) is 25.6 Å². The first-order valence-electron chi connectivity index (χ1n) is 15.5. The minimum Gasteiger partial charge on any atom is -0.508 e. The van der Waals surface area contributed by atoms with Crippen molar-refractivity contribution in [3.05, 3.63) is 34.1 Å². The van der Waals surface area contributed by atoms with Gasteiger partial charge in [-0.15, -0.1) is 0 Å². The molecule has 0 bridgehead atoms. The van der Waals surface area contributed by atoms with Gasteiger partial charge in [-0.1, -0.05) is 20.8 Å². The molecule has 1 aromatic rings. The molecule has 1 heterocycles. The fourth-order valence-corrected chi connectivity index (χ4v) is 7.56. The summed E-state index contributed by atoms with van der Waals surface area (Å²) in [5.41, 5.74) is 2.68. The number of anilines is 2. The van der Waals surface area contributed by atoms with Gasteiger partial charge in [0, 0.05) is 50.4 Å². The molecule has 1 aromatic carbocycles. The van der Waals surface area contributed by atoms with E-state index in [9.17, 15) is 39.6 Å². The fourth-order valence-electron chi connectivity index (χ4n) is 7.56. The van der Waals surface area contributed by atoms with E-state index in [0.29, 0.717) is 24.3 Å². The van der Waals surface area contributed by atoms with Gasteiger partial charge in [0.05, 0.1) is 23.2 Å². The standard InChI is InChI=1S/C33H45N5O8/c1-14(32(2,3)4)38-12-16(13-38)31(45)35-19-11-20(36(5)6)17-9-15-10-18-24(37(7)8)27(41)23(30(34)44)29(43)33(18,46)28(42)21(15)26(40)22(17)25(19)39/h11,14-16,18,24,39-40,43,46H,9-10,12-13H2,1-8H3,(H2,34,44)(H,35,45)/t14?,15-,18-,24-,33-/m0/s1. The summed E-state index contributed by atoms with van der Waals surface area (Å²) in [6.45, 7) is 9.66. The molecule has 5 rings (SSSR count). The zero-order valence-electron chi connectivity index (χ0n) is 27.6. The Bertz CT molecular complexity index is 1600. The number of nitrogens with two attached hydrogens (primary N) is 1. The number of phenols is 1. The van der Waals surface area contributed by atoms with Gasteiger partial charge in [-0.25, -0.2) is 0 Å². The summed E-state index contributed by atoms with van der Waals surface area (Å²) in [6, 6.07) is 0.724. The predicted molar refractivity (Wildman–Crippen MR) is 171 cm³/mol. The van der Waals surface area contributed by atoms with Crippen LogP contribution in [0.4, 0.5) is 11.4 Å². The number of amides is 2. The van der Waals surface area contributed by atoms with Crippen molar-refractivity contribution in [2.24, 2.45) is 28.9 Å². The first-order chi connectivity index (χ1) is 21.2. The predicted octanol–water partition coefficient (Wildman–Crippen LogP) is 1.33. The number of phenolic OH excluding ortho intramolecular Hbond substituents is 1. The van der Waals surface area contributed by atoms with Crippen LogP contribution < -0.4 is 16.0 Å². The minimum atomic E-state index is -2.73. The molecular formula is C33H45N5O8. The lowest BCUT2D eigenvalue weighted by molar-refractivity contribution is -0.153. The molecule has 1 aliphatic heterocycles. The van der Waals surface area contributed by atoms with Crippen molar-refractivity contribution < 1.29 is 39.6 Å². The molecule has 4 aliphatic rings. The number of ketones is 2. The van der Waals surface area contributed by atoms with Crippen LogP contribution in [0.25, 0.3) is 5.76 Å². The number of nitrogens with zero attached hydrogens (tertiary/aromatic N) is 3. The number of likely N-dealkylation sites (tertiary alicyclic amines) is 1. The van der Waals surface area contributed by atoms with E-state index in [0.717, 1.165) is 0 Å². The van der Waals surface area contributed by atoms with E-state index >= 15 is 0 Å². The van der Waals surface area contributed by atoms with Crippen molar-refractivity contribution in [1.82, 2.24) is 9.80 Å². The summed E-state index contributed by atoms with van der Waals surface area (Å²) in [5.74, 6) is -7.84. The molecule has 1 saturated heterocycles. The average Bonchev–Trinajstić information content (AvgIpc) is 2.90. The molecule has 1 saturated carbocycles. The number of aliphatic hydroxyl groups excluding tert-OH is 2. The van der Waals surface area contributed by atoms with Crippen molar-refractivity contribution in [2.45, 2.75) is 58.2 Å². The molecule has 0 aromatic heterocycles. The Morgan fingerprint density at radius 2 is 1.72 bits per heavy atom. The van der Waals surface area contributed by atoms with Gasteiger partial charge < -0.3 is 36.4 Å². The number of aromatic hydroxyl groups is 1. The molecule has 2 fully saturated rings. The summed E-state index contributed by atoms with van der Waals surface area (Å²) < 4.78 is 0. The van der Waals surface area contributed by atoms with Gasteiger partial charge in [0.15, 0.2) is 11.4 Å². The van der Waals surface area contributed by atoms with Crippen LogP contribution in [0.1, 0.15) is 45.2 Å². The Labute approximate surface area is 268 Å². The highest BCUT2D eigenvalue weighted by atomic mass is 16.3. The first-order valence-corrected chi connectivity index (χ1v) is 15.5. The fraction of sp³-hybridized carbons (Fsp3) is 0.576. The van der Waals surface area contributed by atoms with E-state index in [1.807, 2.05) is 0 Å². The second-order valence-electron chi connectivity index (χ2n) is 14.7. The second-order valence-corrected chi connectivity index (χ2v) is 14.7. The third-order valence-corrected chi connectivity index (χ3v) is 10.5. The van der Waals surface area contributed by atoms with E-state index in [1.54, 1.807) is 39.2 Å². The van der Waals surface area contributed by atoms with Gasteiger partial charge in [-0.2, -0.15) is 0 Å². The van der Waals surface area contributed by atoms with Gasteiger partial charge >= 0.3 is 0 Å². The lowest BCUT2D eigenvalue weighted by Gasteiger charge is -2.50. The number of hydrogen-bond donors (Lipinski definition) is 6. The third-order valence-electron chi connectivity index (χ3n) is 10.5. The number of benzene rings is 1. The number of fused-ring (bicyclic) bond motifs is 3. The van der Waals surface area contributed by atoms with E-state index in [4.69, 9.17) is 5.73 Å². The number of carbonyl (C=O) groups is 4. The Kier molecular flexibility index (Phi) is 8.06. The van der Waals surface area contributed by atoms with Crippen LogP contribution in [0.15, 0.2) is 23.0 Å². The van der Waals surface area contributed by atoms with Crippen LogP contribution >= 0.6 is 0 Å². The number of nitrogens with one attached hydrogen (secondary N) is 1. The lowest BCUT2D eigenvalue weighted by Crippen LogP contribution is -2.65. The van der Waals surface area contributed by atoms with Gasteiger partial charge in [0.25, 0.3) is 5.91 Å². The largest absolute Gasteiger partial charge is 0.508 e. The normalized spacial score (nSPS) is 27.6. The first kappa shape index (κ1) is 33.4. The van der Waals surface area contributed by atoms with Crippen molar-refractivity contribution >= 4 is 40.5 Å². The molecule has 3 aliphatic carbocycles. The van der Waals surface area contributed by atoms with Gasteiger partial charge in [0.1, 0.15) is 22.8 Å². The summed E-state index contributed by atoms with van der Waals surface area (Å²) in [5, 5.41) is 48.9. The molecule has 5 atom stereocenters. The molecule has 250 valence electrons. The number of primary amides is 1. The Morgan fingerprint density at radius 1 is 1.11 bits per heavy atom. The molecule has 2 amide bonds. The van der Waals surface area contributed by atoms with E-state index in [-0.39, 0.29) is 52.9 Å². The highest BCUT2D eigenvalue weighted by Crippen LogP contribution is 2.54. The molecule has 1 unspecified atom stereocenters. The van der Waals surface area contributed by atoms with Crippen molar-refractivity contribution in [3.8, 4) is 5.75 Å². The van der Waals surface area contributed by atoms with Crippen LogP contribution in [-0.4, -0.2) is 113 Å². The topological polar surface area (TPSA) is 197 Å². The molecule has 13 heteroatoms. The van der Waals surface area contributed by atoms with Crippen LogP contribution in [0, 0.1) is 23.2 Å². The number of Topliss-reactive ketones (excluding diaryl/α,β-unsaturated/α-hetero) is 2. The maximum Gasteiger partial charge on any atom is 0.255 e. The Balaban J connectivity index is 1.57. The second kappa shape index (κ2) is 11.1. The summed E-state index contributed by atoms with van der Waals surface area (Å²) in [7, 11) is 6.65. The van der Waals surface area contributed by atoms with Crippen molar-refractivity contribution in [3.63, 3.8) is 0 Å². The third kappa shape index (κ3) is 4.87. The summed E-state index contributed by atoms with van der Waals surface area (Å²) in [6.07, 6.45) is 0.134. The zero-order valence-corrected chi connectivity index (χ0v) is 27.6. The molecule has 7 N–H and O–H groups in total. The molecule has 13 nitrogen and oxygen atoms in total. The number of rotatable bonds is 6. The highest BCUT2D eigenvalue weighted by molar-refractivity contribution is 6.24. The monoisotopic (exact) mass is 639 g/mol. The Hall–Kier alpha value is -3.94. The van der Waals surface area contributed by atoms with Crippen LogP contribution in [0.5, 0.6) is 5.75 Å². The molecule has 46 heavy (non-hydrogen) atoms. The number of hydrogen-bond acceptors (Lipinski definition) is 11. The Morgan fingerprint density at radius 3 is 2.24 bits per heavy atom. The van der Waals surface area contributed by atoms with Crippen LogP contribution in [0.2, 0.25) is 0 Å². The summed E-state index contributed by atoms with van der Waals surface area (Å²) in [4.78, 5) is 58.4. The minimum absolute atomic E-state index is 0.0109. The quantitative estimate of drug-likeness (QED) is 0.194. The smallest absolute Gasteiger partial charge is 0.255 e. The number of carbonyl (C=O) groups excluding carboxylic acids is 4. The van der Waals surface area contributed by atoms with Gasteiger partial charge in [0.2, 0.25) is 11.7 Å². The molecular weight excluding hydrogens is 594 g/mol. The SMILES string of the molecule is CC(N1CC(C(=O)Nc2cc(N(C)C)c3c(c2O)C(O)=C2C(=O)[C@]4(O)C(O)=C(C(N)=O)C(=O)[C@@H](N(C)C)[C@@H]4C[C@@H]2C3)C1)C(C)(C)C. The van der Waals surface area contributed by atoms with Gasteiger partial charge in [-0.05, 0) is 56.8 Å². The molecule has 0 radical (unpaired) electrons.